The van der Waals surface area contributed by atoms with Gasteiger partial charge in [-0.1, -0.05) is 44.2 Å². The lowest BCUT2D eigenvalue weighted by molar-refractivity contribution is 0.0292. The van der Waals surface area contributed by atoms with Crippen molar-refractivity contribution in [1.29, 1.82) is 0 Å². The van der Waals surface area contributed by atoms with E-state index in [0.29, 0.717) is 42.2 Å². The summed E-state index contributed by atoms with van der Waals surface area (Å²) in [6, 6.07) is 12.9. The first-order valence-corrected chi connectivity index (χ1v) is 13.0. The number of fused-ring (bicyclic) bond motifs is 1. The molecule has 1 fully saturated rings. The molecule has 5 rings (SSSR count). The van der Waals surface area contributed by atoms with E-state index in [0.717, 1.165) is 17.7 Å². The van der Waals surface area contributed by atoms with Crippen molar-refractivity contribution in [3.8, 4) is 11.6 Å². The zero-order chi connectivity index (χ0) is 28.2. The number of ether oxygens (including phenoxy) is 2. The summed E-state index contributed by atoms with van der Waals surface area (Å²) in [5.41, 5.74) is 0.727. The van der Waals surface area contributed by atoms with E-state index < -0.39 is 23.3 Å². The van der Waals surface area contributed by atoms with Crippen molar-refractivity contribution in [2.45, 2.75) is 59.2 Å². The number of hydrogen-bond donors (Lipinski definition) is 0. The number of amides is 1. The Morgan fingerprint density at radius 2 is 1.82 bits per heavy atom. The number of rotatable bonds is 5. The topological polar surface area (TPSA) is 82.4 Å². The van der Waals surface area contributed by atoms with Gasteiger partial charge in [0.1, 0.15) is 34.9 Å². The van der Waals surface area contributed by atoms with Gasteiger partial charge in [0.25, 0.3) is 0 Å². The number of carbonyl (C=O) groups excluding carboxylic acids is 1. The maximum absolute atomic E-state index is 14.7. The number of carbonyl (C=O) groups is 1. The maximum atomic E-state index is 14.7. The molecule has 0 radical (unpaired) electrons. The Balaban J connectivity index is 0.00000172. The second-order valence-corrected chi connectivity index (χ2v) is 9.96. The van der Waals surface area contributed by atoms with Crippen LogP contribution >= 0.6 is 0 Å². The fourth-order valence-electron chi connectivity index (χ4n) is 4.21. The smallest absolute Gasteiger partial charge is 0.410 e. The lowest BCUT2D eigenvalue weighted by Gasteiger charge is -2.24. The molecule has 0 bridgehead atoms. The molecule has 206 valence electrons. The van der Waals surface area contributed by atoms with Crippen molar-refractivity contribution in [2.75, 3.05) is 13.1 Å². The van der Waals surface area contributed by atoms with Gasteiger partial charge >= 0.3 is 6.09 Å². The molecule has 1 aliphatic heterocycles. The van der Waals surface area contributed by atoms with Gasteiger partial charge in [-0.15, -0.1) is 0 Å². The summed E-state index contributed by atoms with van der Waals surface area (Å²) < 4.78 is 41.1. The van der Waals surface area contributed by atoms with E-state index in [9.17, 15) is 13.6 Å². The fraction of sp³-hybridized carbons (Fsp3) is 0.379. The minimum absolute atomic E-state index is 0.0527. The number of benzene rings is 2. The van der Waals surface area contributed by atoms with Crippen molar-refractivity contribution in [1.82, 2.24) is 24.6 Å². The number of halogens is 2. The SMILES string of the molecule is CC.CC(C)(C)OC(=O)N1CCC(c2nc(OCc3ccccc3)c3cnn(-c4ccc(F)cc4F)c3n2)C1. The Hall–Kier alpha value is -4.08. The molecule has 0 N–H and O–H groups in total. The molecule has 8 nitrogen and oxygen atoms in total. The first-order chi connectivity index (χ1) is 18.7. The molecule has 0 saturated carbocycles. The summed E-state index contributed by atoms with van der Waals surface area (Å²) in [6.45, 7) is 10.6. The average molecular weight is 538 g/mol. The molecule has 1 unspecified atom stereocenters. The molecule has 39 heavy (non-hydrogen) atoms. The first-order valence-electron chi connectivity index (χ1n) is 13.0. The van der Waals surface area contributed by atoms with Crippen LogP contribution in [0.15, 0.2) is 54.7 Å². The van der Waals surface area contributed by atoms with Crippen molar-refractivity contribution in [3.63, 3.8) is 0 Å². The largest absolute Gasteiger partial charge is 0.472 e. The molecule has 1 saturated heterocycles. The Labute approximate surface area is 226 Å². The molecule has 0 aliphatic carbocycles. The van der Waals surface area contributed by atoms with Crippen LogP contribution in [0.25, 0.3) is 16.7 Å². The van der Waals surface area contributed by atoms with Gasteiger partial charge < -0.3 is 14.4 Å². The zero-order valence-electron chi connectivity index (χ0n) is 22.8. The highest BCUT2D eigenvalue weighted by Crippen LogP contribution is 2.32. The molecule has 1 aliphatic rings. The van der Waals surface area contributed by atoms with Crippen LogP contribution in [0, 0.1) is 11.6 Å². The summed E-state index contributed by atoms with van der Waals surface area (Å²) in [6.07, 6.45) is 1.74. The van der Waals surface area contributed by atoms with E-state index in [-0.39, 0.29) is 18.2 Å². The summed E-state index contributed by atoms with van der Waals surface area (Å²) >= 11 is 0. The number of likely N-dealkylation sites (tertiary alicyclic amines) is 1. The van der Waals surface area contributed by atoms with E-state index in [1.54, 1.807) is 4.90 Å². The van der Waals surface area contributed by atoms with Crippen molar-refractivity contribution >= 4 is 17.1 Å². The lowest BCUT2D eigenvalue weighted by Crippen LogP contribution is -2.35. The molecule has 1 amide bonds. The van der Waals surface area contributed by atoms with Gasteiger partial charge in [0.15, 0.2) is 11.5 Å². The molecular weight excluding hydrogens is 504 g/mol. The van der Waals surface area contributed by atoms with Crippen LogP contribution in [0.2, 0.25) is 0 Å². The minimum Gasteiger partial charge on any atom is -0.472 e. The first kappa shape index (κ1) is 27.9. The minimum atomic E-state index is -0.770. The van der Waals surface area contributed by atoms with Crippen LogP contribution < -0.4 is 4.74 Å². The highest BCUT2D eigenvalue weighted by Gasteiger charge is 2.33. The van der Waals surface area contributed by atoms with Gasteiger partial charge in [-0.2, -0.15) is 10.1 Å². The van der Waals surface area contributed by atoms with Gasteiger partial charge in [-0.3, -0.25) is 0 Å². The van der Waals surface area contributed by atoms with Crippen molar-refractivity contribution in [3.05, 3.63) is 77.8 Å². The van der Waals surface area contributed by atoms with E-state index in [2.05, 4.69) is 5.10 Å². The van der Waals surface area contributed by atoms with Gasteiger partial charge in [0.05, 0.1) is 6.20 Å². The van der Waals surface area contributed by atoms with Crippen LogP contribution in [0.4, 0.5) is 13.6 Å². The standard InChI is InChI=1S/C27H27F2N5O3.C2H6/c1-27(2,3)37-26(35)33-12-11-18(15-33)23-31-24-20(25(32-23)36-16-17-7-5-4-6-8-17)14-30-34(24)22-10-9-19(28)13-21(22)29;1-2/h4-10,13-14,18H,11-12,15-16H2,1-3H3;1-2H3. The maximum Gasteiger partial charge on any atom is 0.410 e. The predicted molar refractivity (Wildman–Crippen MR) is 144 cm³/mol. The Bertz CT molecular complexity index is 1440. The predicted octanol–water partition coefficient (Wildman–Crippen LogP) is 6.42. The normalized spacial score (nSPS) is 15.2. The third-order valence-electron chi connectivity index (χ3n) is 5.97. The van der Waals surface area contributed by atoms with E-state index in [1.165, 1.54) is 16.9 Å². The van der Waals surface area contributed by atoms with Gasteiger partial charge in [0, 0.05) is 25.1 Å². The van der Waals surface area contributed by atoms with Crippen LogP contribution in [-0.2, 0) is 11.3 Å². The third kappa shape index (κ3) is 6.50. The van der Waals surface area contributed by atoms with Crippen molar-refractivity contribution in [2.24, 2.45) is 0 Å². The Morgan fingerprint density at radius 3 is 2.51 bits per heavy atom. The third-order valence-corrected chi connectivity index (χ3v) is 5.97. The Kier molecular flexibility index (Phi) is 8.42. The van der Waals surface area contributed by atoms with Crippen LogP contribution in [-0.4, -0.2) is 49.4 Å². The monoisotopic (exact) mass is 537 g/mol. The summed E-state index contributed by atoms with van der Waals surface area (Å²) in [5.74, 6) is -0.890. The molecule has 2 aromatic heterocycles. The van der Waals surface area contributed by atoms with Gasteiger partial charge in [-0.25, -0.2) is 23.2 Å². The molecule has 4 aromatic rings. The highest BCUT2D eigenvalue weighted by atomic mass is 19.1. The van der Waals surface area contributed by atoms with Gasteiger partial charge in [-0.05, 0) is 44.9 Å². The molecule has 0 spiro atoms. The fourth-order valence-corrected chi connectivity index (χ4v) is 4.21. The second kappa shape index (κ2) is 11.8. The molecule has 3 heterocycles. The number of aromatic nitrogens is 4. The van der Waals surface area contributed by atoms with Crippen molar-refractivity contribution < 1.29 is 23.0 Å². The second-order valence-electron chi connectivity index (χ2n) is 9.96. The summed E-state index contributed by atoms with van der Waals surface area (Å²) in [4.78, 5) is 23.6. The molecule has 10 heteroatoms. The average Bonchev–Trinajstić information content (AvgIpc) is 3.56. The van der Waals surface area contributed by atoms with E-state index in [1.807, 2.05) is 65.0 Å². The zero-order valence-corrected chi connectivity index (χ0v) is 22.8. The molecule has 2 aromatic carbocycles. The van der Waals surface area contributed by atoms with Crippen LogP contribution in [0.1, 0.15) is 58.3 Å². The summed E-state index contributed by atoms with van der Waals surface area (Å²) in [7, 11) is 0. The van der Waals surface area contributed by atoms with E-state index in [4.69, 9.17) is 19.4 Å². The van der Waals surface area contributed by atoms with Crippen LogP contribution in [0.5, 0.6) is 5.88 Å². The Morgan fingerprint density at radius 1 is 1.08 bits per heavy atom. The van der Waals surface area contributed by atoms with Crippen LogP contribution in [0.3, 0.4) is 0 Å². The van der Waals surface area contributed by atoms with E-state index >= 15 is 0 Å². The highest BCUT2D eigenvalue weighted by molar-refractivity contribution is 5.81. The lowest BCUT2D eigenvalue weighted by atomic mass is 10.1. The molecule has 1 atom stereocenters. The number of nitrogens with zero attached hydrogens (tertiary/aromatic N) is 5. The number of hydrogen-bond acceptors (Lipinski definition) is 6. The van der Waals surface area contributed by atoms with Gasteiger partial charge in [0.2, 0.25) is 5.88 Å². The quantitative estimate of drug-likeness (QED) is 0.292. The molecular formula is C29H33F2N5O3. The summed E-state index contributed by atoms with van der Waals surface area (Å²) in [5, 5.41) is 4.80.